The predicted molar refractivity (Wildman–Crippen MR) is 127 cm³/mol. The number of rotatable bonds is 8. The average Bonchev–Trinajstić information content (AvgIpc) is 3.08. The Balaban J connectivity index is 1.41. The zero-order chi connectivity index (χ0) is 25.3. The highest BCUT2D eigenvalue weighted by molar-refractivity contribution is 7.90. The molecule has 0 saturated carbocycles. The van der Waals surface area contributed by atoms with Crippen LogP contribution in [0.15, 0.2) is 47.4 Å². The first-order valence-corrected chi connectivity index (χ1v) is 13.1. The number of Topliss-reactive ketones (excluding diaryl/α,β-unsaturated/α-hetero) is 1. The van der Waals surface area contributed by atoms with Gasteiger partial charge in [0.1, 0.15) is 12.4 Å². The SMILES string of the molecule is CS(=O)(=O)c1ccc(C(=O)CCC(=O)N[C@H]2CCc3c(c4cc(F)ccc4n3CC(=O)O)C2)cc1. The maximum atomic E-state index is 13.9. The summed E-state index contributed by atoms with van der Waals surface area (Å²) in [7, 11) is -3.36. The summed E-state index contributed by atoms with van der Waals surface area (Å²) < 4.78 is 38.7. The maximum absolute atomic E-state index is 13.9. The molecule has 0 aliphatic heterocycles. The first kappa shape index (κ1) is 24.6. The van der Waals surface area contributed by atoms with E-state index in [9.17, 15) is 32.3 Å². The molecular weight excluding hydrogens is 475 g/mol. The number of aliphatic carboxylic acids is 1. The molecule has 0 bridgehead atoms. The Morgan fingerprint density at radius 2 is 1.83 bits per heavy atom. The van der Waals surface area contributed by atoms with Gasteiger partial charge in [0, 0.05) is 47.3 Å². The van der Waals surface area contributed by atoms with Crippen molar-refractivity contribution in [3.05, 3.63) is 65.1 Å². The van der Waals surface area contributed by atoms with Crippen molar-refractivity contribution < 1.29 is 32.3 Å². The first-order valence-electron chi connectivity index (χ1n) is 11.2. The number of hydrogen-bond acceptors (Lipinski definition) is 5. The quantitative estimate of drug-likeness (QED) is 0.459. The molecule has 2 N–H and O–H groups in total. The summed E-state index contributed by atoms with van der Waals surface area (Å²) in [4.78, 5) is 36.4. The van der Waals surface area contributed by atoms with Crippen molar-refractivity contribution in [3.63, 3.8) is 0 Å². The van der Waals surface area contributed by atoms with Gasteiger partial charge in [-0.3, -0.25) is 14.4 Å². The Labute approximate surface area is 201 Å². The summed E-state index contributed by atoms with van der Waals surface area (Å²) in [6, 6.07) is 9.66. The molecule has 1 atom stereocenters. The molecular formula is C25H25FN2O6S. The van der Waals surface area contributed by atoms with Gasteiger partial charge >= 0.3 is 5.97 Å². The van der Waals surface area contributed by atoms with Crippen LogP contribution in [0.2, 0.25) is 0 Å². The number of carboxylic acids is 1. The highest BCUT2D eigenvalue weighted by Crippen LogP contribution is 2.33. The summed E-state index contributed by atoms with van der Waals surface area (Å²) in [5.41, 5.74) is 2.66. The van der Waals surface area contributed by atoms with Gasteiger partial charge in [0.25, 0.3) is 0 Å². The molecule has 2 aromatic carbocycles. The normalized spacial score (nSPS) is 15.5. The van der Waals surface area contributed by atoms with Crippen LogP contribution in [0.5, 0.6) is 0 Å². The number of nitrogens with one attached hydrogen (secondary N) is 1. The number of ketones is 1. The van der Waals surface area contributed by atoms with E-state index in [4.69, 9.17) is 0 Å². The molecule has 184 valence electrons. The molecule has 1 aromatic heterocycles. The van der Waals surface area contributed by atoms with Crippen LogP contribution >= 0.6 is 0 Å². The third kappa shape index (κ3) is 5.43. The van der Waals surface area contributed by atoms with E-state index in [2.05, 4.69) is 5.32 Å². The molecule has 1 amide bonds. The number of sulfone groups is 1. The topological polar surface area (TPSA) is 123 Å². The van der Waals surface area contributed by atoms with Gasteiger partial charge in [-0.05, 0) is 55.2 Å². The number of halogens is 1. The van der Waals surface area contributed by atoms with Gasteiger partial charge in [0.15, 0.2) is 15.6 Å². The fourth-order valence-electron chi connectivity index (χ4n) is 4.62. The molecule has 8 nitrogen and oxygen atoms in total. The van der Waals surface area contributed by atoms with Crippen molar-refractivity contribution >= 4 is 38.4 Å². The molecule has 0 fully saturated rings. The van der Waals surface area contributed by atoms with Gasteiger partial charge in [-0.2, -0.15) is 0 Å². The second-order valence-corrected chi connectivity index (χ2v) is 10.8. The summed E-state index contributed by atoms with van der Waals surface area (Å²) in [5.74, 6) is -1.96. The molecule has 0 radical (unpaired) electrons. The van der Waals surface area contributed by atoms with Crippen LogP contribution < -0.4 is 5.32 Å². The van der Waals surface area contributed by atoms with E-state index >= 15 is 0 Å². The summed E-state index contributed by atoms with van der Waals surface area (Å²) in [5, 5.41) is 12.9. The Kier molecular flexibility index (Phi) is 6.75. The number of hydrogen-bond donors (Lipinski definition) is 2. The highest BCUT2D eigenvalue weighted by atomic mass is 32.2. The number of carbonyl (C=O) groups is 3. The van der Waals surface area contributed by atoms with Gasteiger partial charge in [0.05, 0.1) is 4.90 Å². The number of benzene rings is 2. The molecule has 0 spiro atoms. The van der Waals surface area contributed by atoms with Gasteiger partial charge in [-0.1, -0.05) is 12.1 Å². The lowest BCUT2D eigenvalue weighted by Gasteiger charge is -2.25. The van der Waals surface area contributed by atoms with E-state index in [1.807, 2.05) is 0 Å². The molecule has 4 rings (SSSR count). The van der Waals surface area contributed by atoms with Crippen molar-refractivity contribution in [1.29, 1.82) is 0 Å². The number of amides is 1. The molecule has 10 heteroatoms. The standard InChI is InChI=1S/C25H25FN2O6S/c1-35(33,34)18-6-2-15(3-7-18)23(29)10-11-24(30)27-17-5-9-22-20(13-17)19-12-16(26)4-8-21(19)28(22)14-25(31)32/h2-4,6-8,12,17H,5,9-11,13-14H2,1H3,(H,27,30)(H,31,32)/t17-/m0/s1. The van der Waals surface area contributed by atoms with Crippen LogP contribution in [0.3, 0.4) is 0 Å². The van der Waals surface area contributed by atoms with Crippen LogP contribution in [0.4, 0.5) is 4.39 Å². The minimum absolute atomic E-state index is 0.0224. The van der Waals surface area contributed by atoms with Crippen LogP contribution in [0.1, 0.15) is 40.9 Å². The predicted octanol–water partition coefficient (Wildman–Crippen LogP) is 2.91. The third-order valence-corrected chi connectivity index (χ3v) is 7.40. The largest absolute Gasteiger partial charge is 0.480 e. The van der Waals surface area contributed by atoms with Gasteiger partial charge in [0.2, 0.25) is 5.91 Å². The van der Waals surface area contributed by atoms with Crippen molar-refractivity contribution in [2.75, 3.05) is 6.26 Å². The Morgan fingerprint density at radius 3 is 2.49 bits per heavy atom. The van der Waals surface area contributed by atoms with Gasteiger partial charge in [-0.25, -0.2) is 12.8 Å². The lowest BCUT2D eigenvalue weighted by Crippen LogP contribution is -2.39. The number of carboxylic acid groups (broad SMARTS) is 1. The van der Waals surface area contributed by atoms with Gasteiger partial charge < -0.3 is 15.0 Å². The van der Waals surface area contributed by atoms with Crippen LogP contribution in [-0.4, -0.2) is 48.0 Å². The Bertz CT molecular complexity index is 1430. The number of fused-ring (bicyclic) bond motifs is 3. The van der Waals surface area contributed by atoms with E-state index < -0.39 is 21.6 Å². The first-order chi connectivity index (χ1) is 16.5. The van der Waals surface area contributed by atoms with E-state index in [1.165, 1.54) is 36.4 Å². The lowest BCUT2D eigenvalue weighted by atomic mass is 9.91. The van der Waals surface area contributed by atoms with Crippen LogP contribution in [-0.2, 0) is 38.8 Å². The monoisotopic (exact) mass is 500 g/mol. The van der Waals surface area contributed by atoms with Crippen molar-refractivity contribution in [3.8, 4) is 0 Å². The summed E-state index contributed by atoms with van der Waals surface area (Å²) in [6.45, 7) is -0.220. The molecule has 1 aliphatic rings. The zero-order valence-corrected chi connectivity index (χ0v) is 19.9. The smallest absolute Gasteiger partial charge is 0.323 e. The van der Waals surface area contributed by atoms with Crippen molar-refractivity contribution in [1.82, 2.24) is 9.88 Å². The third-order valence-electron chi connectivity index (χ3n) is 6.27. The molecule has 1 aliphatic carbocycles. The number of nitrogens with zero attached hydrogens (tertiary/aromatic N) is 1. The van der Waals surface area contributed by atoms with Crippen molar-refractivity contribution in [2.45, 2.75) is 49.6 Å². The van der Waals surface area contributed by atoms with E-state index in [1.54, 1.807) is 10.6 Å². The second-order valence-electron chi connectivity index (χ2n) is 8.79. The Morgan fingerprint density at radius 1 is 1.11 bits per heavy atom. The fraction of sp³-hybridized carbons (Fsp3) is 0.320. The lowest BCUT2D eigenvalue weighted by molar-refractivity contribution is -0.137. The van der Waals surface area contributed by atoms with Crippen molar-refractivity contribution in [2.24, 2.45) is 0 Å². The average molecular weight is 501 g/mol. The van der Waals surface area contributed by atoms with E-state index in [0.717, 1.165) is 17.5 Å². The molecule has 0 unspecified atom stereocenters. The second kappa shape index (κ2) is 9.61. The molecule has 0 saturated heterocycles. The van der Waals surface area contributed by atoms with E-state index in [0.29, 0.717) is 35.7 Å². The fourth-order valence-corrected chi connectivity index (χ4v) is 5.25. The molecule has 1 heterocycles. The Hall–Kier alpha value is -3.53. The zero-order valence-electron chi connectivity index (χ0n) is 19.1. The van der Waals surface area contributed by atoms with Crippen LogP contribution in [0, 0.1) is 5.82 Å². The summed E-state index contributed by atoms with van der Waals surface area (Å²) in [6.07, 6.45) is 2.61. The minimum Gasteiger partial charge on any atom is -0.480 e. The summed E-state index contributed by atoms with van der Waals surface area (Å²) >= 11 is 0. The minimum atomic E-state index is -3.36. The number of aromatic nitrogens is 1. The van der Waals surface area contributed by atoms with Gasteiger partial charge in [-0.15, -0.1) is 0 Å². The van der Waals surface area contributed by atoms with Crippen LogP contribution in [0.25, 0.3) is 10.9 Å². The van der Waals surface area contributed by atoms with E-state index in [-0.39, 0.29) is 42.0 Å². The highest BCUT2D eigenvalue weighted by Gasteiger charge is 2.27. The molecule has 35 heavy (non-hydrogen) atoms. The number of carbonyl (C=O) groups excluding carboxylic acids is 2. The maximum Gasteiger partial charge on any atom is 0.323 e. The molecule has 3 aromatic rings.